The molecule has 1 saturated carbocycles. The van der Waals surface area contributed by atoms with Crippen LogP contribution in [0.3, 0.4) is 0 Å². The van der Waals surface area contributed by atoms with E-state index in [1.807, 2.05) is 43.3 Å². The van der Waals surface area contributed by atoms with E-state index in [1.54, 1.807) is 41.3 Å². The predicted molar refractivity (Wildman–Crippen MR) is 254 cm³/mol. The molecular formula is C53H61FN4O10. The second-order valence-corrected chi connectivity index (χ2v) is 17.5. The van der Waals surface area contributed by atoms with Crippen molar-refractivity contribution in [2.75, 3.05) is 26.4 Å². The normalized spacial score (nSPS) is 21.9. The van der Waals surface area contributed by atoms with Crippen molar-refractivity contribution >= 4 is 17.5 Å². The number of rotatable bonds is 24. The van der Waals surface area contributed by atoms with Crippen molar-refractivity contribution in [3.05, 3.63) is 166 Å². The molecule has 1 aromatic heterocycles. The zero-order valence-corrected chi connectivity index (χ0v) is 38.5. The lowest BCUT2D eigenvalue weighted by atomic mass is 9.55. The number of oxime groups is 1. The summed E-state index contributed by atoms with van der Waals surface area (Å²) in [6, 6.07) is 22.6. The molecule has 1 aliphatic heterocycles. The van der Waals surface area contributed by atoms with Crippen LogP contribution in [0.5, 0.6) is 11.5 Å². The standard InChI is InChI=1S/C53H61FN4O10/c1-4-6-29-64-52(61)57(33-37-16-20-40(54)21-17-37)49-32-47(56-67-34-38-18-22-42(23-19-38)58(62)63)45-30-39(13-7-9-26-59)44(15-8-10-27-60)50-46-31-43(65-35-41-14-11-12-36(3)55-41)24-25-48(46)68-53(49,51(45)50)66-28-5-2/h4-5,11-12,14,16-25,30-31,39,44,49-51,59-60H,1-2,6-10,13,15,26-29,32-35H2,3H3/t39-,44+,49-,50+,51+,53+/m0/s1. The maximum Gasteiger partial charge on any atom is 0.410 e. The molecular weight excluding hydrogens is 872 g/mol. The molecule has 0 bridgehead atoms. The van der Waals surface area contributed by atoms with E-state index in [4.69, 9.17) is 28.9 Å². The molecule has 7 rings (SSSR count). The highest BCUT2D eigenvalue weighted by molar-refractivity contribution is 6.03. The van der Waals surface area contributed by atoms with Gasteiger partial charge in [-0.3, -0.25) is 20.0 Å². The summed E-state index contributed by atoms with van der Waals surface area (Å²) in [5, 5.41) is 36.3. The maximum absolute atomic E-state index is 14.7. The van der Waals surface area contributed by atoms with Gasteiger partial charge in [0.15, 0.2) is 0 Å². The van der Waals surface area contributed by atoms with Gasteiger partial charge < -0.3 is 34.0 Å². The van der Waals surface area contributed by atoms with Gasteiger partial charge in [0.25, 0.3) is 5.69 Å². The van der Waals surface area contributed by atoms with Crippen LogP contribution in [0.15, 0.2) is 127 Å². The number of amides is 1. The van der Waals surface area contributed by atoms with Crippen LogP contribution in [0.1, 0.15) is 85.4 Å². The second-order valence-electron chi connectivity index (χ2n) is 17.5. The molecule has 2 N–H and O–H groups in total. The van der Waals surface area contributed by atoms with E-state index in [-0.39, 0.29) is 76.0 Å². The molecule has 0 radical (unpaired) electrons. The number of nitro benzene ring substituents is 1. The van der Waals surface area contributed by atoms with Crippen LogP contribution in [-0.4, -0.2) is 75.1 Å². The van der Waals surface area contributed by atoms with E-state index in [1.165, 1.54) is 24.3 Å². The van der Waals surface area contributed by atoms with Gasteiger partial charge in [-0.25, -0.2) is 9.18 Å². The Labute approximate surface area is 396 Å². The Bertz CT molecular complexity index is 2430. The number of halogens is 1. The lowest BCUT2D eigenvalue weighted by Gasteiger charge is -2.59. The van der Waals surface area contributed by atoms with Gasteiger partial charge in [0.2, 0.25) is 5.79 Å². The van der Waals surface area contributed by atoms with Gasteiger partial charge in [-0.05, 0) is 122 Å². The van der Waals surface area contributed by atoms with Crippen LogP contribution in [0.25, 0.3) is 0 Å². The number of pyridine rings is 1. The van der Waals surface area contributed by atoms with Crippen LogP contribution in [0.2, 0.25) is 0 Å². The van der Waals surface area contributed by atoms with E-state index in [0.717, 1.165) is 48.2 Å². The lowest BCUT2D eigenvalue weighted by Crippen LogP contribution is -2.70. The number of aromatic nitrogens is 1. The molecule has 3 aromatic carbocycles. The summed E-state index contributed by atoms with van der Waals surface area (Å²) in [5.74, 6) is -1.93. The first-order chi connectivity index (χ1) is 33.1. The summed E-state index contributed by atoms with van der Waals surface area (Å²) in [7, 11) is 0. The summed E-state index contributed by atoms with van der Waals surface area (Å²) in [5.41, 5.74) is 5.11. The first-order valence-electron chi connectivity index (χ1n) is 23.4. The highest BCUT2D eigenvalue weighted by Crippen LogP contribution is 2.62. The van der Waals surface area contributed by atoms with Gasteiger partial charge in [-0.1, -0.05) is 54.4 Å². The van der Waals surface area contributed by atoms with E-state index in [9.17, 15) is 29.5 Å². The van der Waals surface area contributed by atoms with Crippen molar-refractivity contribution in [2.45, 2.75) is 95.8 Å². The van der Waals surface area contributed by atoms with Crippen LogP contribution in [-0.2, 0) is 34.1 Å². The number of hydrogen-bond donors (Lipinski definition) is 2. The number of ether oxygens (including phenoxy) is 4. The number of hydrogen-bond acceptors (Lipinski definition) is 12. The summed E-state index contributed by atoms with van der Waals surface area (Å²) in [6.07, 6.45) is 9.52. The Hall–Kier alpha value is -6.42. The minimum absolute atomic E-state index is 0.00588. The number of allylic oxidation sites excluding steroid dienone is 1. The van der Waals surface area contributed by atoms with Gasteiger partial charge in [0.05, 0.1) is 35.5 Å². The zero-order chi connectivity index (χ0) is 48.0. The Kier molecular flexibility index (Phi) is 17.1. The molecule has 14 nitrogen and oxygen atoms in total. The highest BCUT2D eigenvalue weighted by atomic mass is 19.1. The zero-order valence-electron chi connectivity index (χ0n) is 38.5. The van der Waals surface area contributed by atoms with Crippen LogP contribution >= 0.6 is 0 Å². The monoisotopic (exact) mass is 932 g/mol. The summed E-state index contributed by atoms with van der Waals surface area (Å²) < 4.78 is 41.2. The molecule has 2 heterocycles. The van der Waals surface area contributed by atoms with Crippen molar-refractivity contribution in [1.29, 1.82) is 0 Å². The van der Waals surface area contributed by atoms with E-state index in [2.05, 4.69) is 24.2 Å². The Morgan fingerprint density at radius 1 is 0.985 bits per heavy atom. The van der Waals surface area contributed by atoms with Crippen LogP contribution < -0.4 is 9.47 Å². The molecule has 2 aliphatic carbocycles. The molecule has 15 heteroatoms. The number of carbonyl (C=O) groups is 1. The summed E-state index contributed by atoms with van der Waals surface area (Å²) in [4.78, 5) is 38.0. The van der Waals surface area contributed by atoms with Crippen molar-refractivity contribution in [2.24, 2.45) is 22.9 Å². The third kappa shape index (κ3) is 11.6. The number of non-ortho nitro benzene ring substituents is 1. The SMILES string of the molecule is C=CCCOC(=O)N(Cc1ccc(F)cc1)[C@H]1CC(=NOCc2ccc([N+](=O)[O-])cc2)C2=C[C@H](CCCCO)[C@@H](CCCCO)[C@@H]3c4cc(OCc5cccc(C)n5)ccc4O[C@@]1(OCC=C)[C@H]23. The molecule has 0 saturated heterocycles. The number of nitro groups is 1. The average molecular weight is 933 g/mol. The van der Waals surface area contributed by atoms with Crippen molar-refractivity contribution in [3.8, 4) is 11.5 Å². The smallest absolute Gasteiger partial charge is 0.410 e. The van der Waals surface area contributed by atoms with Crippen LogP contribution in [0.4, 0.5) is 14.9 Å². The molecule has 4 aromatic rings. The highest BCUT2D eigenvalue weighted by Gasteiger charge is 2.65. The molecule has 0 unspecified atom stereocenters. The van der Waals surface area contributed by atoms with Crippen molar-refractivity contribution in [1.82, 2.24) is 9.88 Å². The summed E-state index contributed by atoms with van der Waals surface area (Å²) in [6.45, 7) is 10.1. The third-order valence-electron chi connectivity index (χ3n) is 13.0. The number of carbonyl (C=O) groups excluding carboxylic acids is 1. The number of aryl methyl sites for hydroxylation is 1. The molecule has 6 atom stereocenters. The maximum atomic E-state index is 14.7. The number of fused-ring (bicyclic) bond motifs is 2. The average Bonchev–Trinajstić information content (AvgIpc) is 3.34. The van der Waals surface area contributed by atoms with E-state index >= 15 is 0 Å². The number of nitrogens with zero attached hydrogens (tertiary/aromatic N) is 4. The fourth-order valence-corrected chi connectivity index (χ4v) is 9.87. The largest absolute Gasteiger partial charge is 0.487 e. The first-order valence-corrected chi connectivity index (χ1v) is 23.4. The van der Waals surface area contributed by atoms with Gasteiger partial charge in [0, 0.05) is 55.5 Å². The van der Waals surface area contributed by atoms with Crippen molar-refractivity contribution < 1.29 is 48.1 Å². The molecule has 360 valence electrons. The summed E-state index contributed by atoms with van der Waals surface area (Å²) >= 11 is 0. The van der Waals surface area contributed by atoms with Gasteiger partial charge >= 0.3 is 6.09 Å². The van der Waals surface area contributed by atoms with Gasteiger partial charge in [-0.15, -0.1) is 13.2 Å². The van der Waals surface area contributed by atoms with E-state index < -0.39 is 34.6 Å². The molecule has 3 aliphatic rings. The number of unbranched alkanes of at least 4 members (excludes halogenated alkanes) is 2. The predicted octanol–water partition coefficient (Wildman–Crippen LogP) is 10.1. The lowest BCUT2D eigenvalue weighted by molar-refractivity contribution is -0.384. The topological polar surface area (TPSA) is 175 Å². The molecule has 0 spiro atoms. The minimum atomic E-state index is -1.59. The molecule has 1 fully saturated rings. The quantitative estimate of drug-likeness (QED) is 0.0296. The number of benzene rings is 3. The fraction of sp³-hybridized carbons (Fsp3) is 0.415. The second kappa shape index (κ2) is 23.5. The van der Waals surface area contributed by atoms with Gasteiger partial charge in [0.1, 0.15) is 36.6 Å². The molecule has 1 amide bonds. The molecule has 68 heavy (non-hydrogen) atoms. The van der Waals surface area contributed by atoms with E-state index in [0.29, 0.717) is 47.6 Å². The minimum Gasteiger partial charge on any atom is -0.487 e. The van der Waals surface area contributed by atoms with Gasteiger partial charge in [-0.2, -0.15) is 0 Å². The Morgan fingerprint density at radius 3 is 2.44 bits per heavy atom. The Balaban J connectivity index is 1.43. The number of aliphatic hydroxyl groups excluding tert-OH is 2. The Morgan fingerprint density at radius 2 is 1.74 bits per heavy atom. The third-order valence-corrected chi connectivity index (χ3v) is 13.0. The number of aliphatic hydroxyl groups is 2. The van der Waals surface area contributed by atoms with Crippen molar-refractivity contribution in [3.63, 3.8) is 0 Å². The first kappa shape index (κ1) is 49.5. The fourth-order valence-electron chi connectivity index (χ4n) is 9.87. The van der Waals surface area contributed by atoms with Crippen LogP contribution in [0, 0.1) is 40.6 Å².